The molecule has 0 spiro atoms. The third kappa shape index (κ3) is 2.83. The van der Waals surface area contributed by atoms with Crippen LogP contribution in [-0.2, 0) is 9.84 Å². The van der Waals surface area contributed by atoms with Crippen molar-refractivity contribution >= 4 is 15.5 Å². The van der Waals surface area contributed by atoms with E-state index < -0.39 is 9.84 Å². The van der Waals surface area contributed by atoms with Crippen LogP contribution in [0.3, 0.4) is 0 Å². The van der Waals surface area contributed by atoms with Gasteiger partial charge in [0.05, 0.1) is 9.79 Å². The second kappa shape index (κ2) is 6.71. The van der Waals surface area contributed by atoms with E-state index in [-0.39, 0.29) is 0 Å². The van der Waals surface area contributed by atoms with Crippen molar-refractivity contribution in [3.05, 3.63) is 54.1 Å². The van der Waals surface area contributed by atoms with Crippen molar-refractivity contribution in [2.24, 2.45) is 0 Å². The molecule has 2 heterocycles. The summed E-state index contributed by atoms with van der Waals surface area (Å²) in [6.45, 7) is 5.49. The third-order valence-electron chi connectivity index (χ3n) is 6.05. The average Bonchev–Trinajstić information content (AvgIpc) is 2.82. The summed E-state index contributed by atoms with van der Waals surface area (Å²) in [5, 5.41) is 0. The molecule has 0 saturated carbocycles. The lowest BCUT2D eigenvalue weighted by atomic mass is 9.91. The lowest BCUT2D eigenvalue weighted by molar-refractivity contribution is 0.298. The van der Waals surface area contributed by atoms with Gasteiger partial charge in [-0.05, 0) is 61.8 Å². The molecule has 0 aromatic heterocycles. The largest absolute Gasteiger partial charge is 0.371 e. The number of nitrogens with zero attached hydrogens (tertiary/aromatic N) is 2. The fourth-order valence-corrected chi connectivity index (χ4v) is 5.83. The third-order valence-corrected chi connectivity index (χ3v) is 7.82. The molecule has 1 fully saturated rings. The van der Waals surface area contributed by atoms with Crippen molar-refractivity contribution in [3.63, 3.8) is 0 Å². The predicted octanol–water partition coefficient (Wildman–Crippen LogP) is 3.54. The van der Waals surface area contributed by atoms with Crippen molar-refractivity contribution in [1.29, 1.82) is 0 Å². The first-order valence-corrected chi connectivity index (χ1v) is 10.9. The van der Waals surface area contributed by atoms with E-state index in [0.717, 1.165) is 32.5 Å². The Bertz CT molecular complexity index is 895. The van der Waals surface area contributed by atoms with Crippen molar-refractivity contribution in [2.75, 3.05) is 31.6 Å². The lowest BCUT2D eigenvalue weighted by Crippen LogP contribution is -2.31. The molecule has 0 aliphatic carbocycles. The summed E-state index contributed by atoms with van der Waals surface area (Å²) < 4.78 is 26.0. The molecule has 26 heavy (non-hydrogen) atoms. The molecule has 5 heteroatoms. The van der Waals surface area contributed by atoms with Crippen LogP contribution in [0.4, 0.5) is 5.69 Å². The second-order valence-corrected chi connectivity index (χ2v) is 9.28. The molecule has 2 atom stereocenters. The molecule has 1 saturated heterocycles. The number of hydrogen-bond donors (Lipinski definition) is 0. The Kier molecular flexibility index (Phi) is 4.53. The van der Waals surface area contributed by atoms with Crippen molar-refractivity contribution in [3.8, 4) is 0 Å². The van der Waals surface area contributed by atoms with Crippen molar-refractivity contribution in [1.82, 2.24) is 4.90 Å². The number of fused-ring (bicyclic) bond motifs is 3. The zero-order valence-corrected chi connectivity index (χ0v) is 16.2. The molecule has 0 N–H and O–H groups in total. The van der Waals surface area contributed by atoms with Crippen LogP contribution in [0.15, 0.2) is 58.3 Å². The highest BCUT2D eigenvalue weighted by atomic mass is 32.2. The lowest BCUT2D eigenvalue weighted by Gasteiger charge is -2.25. The summed E-state index contributed by atoms with van der Waals surface area (Å²) in [7, 11) is -1.32. The number of rotatable bonds is 3. The molecule has 4 nitrogen and oxygen atoms in total. The first-order chi connectivity index (χ1) is 12.5. The highest BCUT2D eigenvalue weighted by Gasteiger charge is 2.38. The van der Waals surface area contributed by atoms with Crippen molar-refractivity contribution < 1.29 is 8.42 Å². The van der Waals surface area contributed by atoms with Crippen LogP contribution in [0.2, 0.25) is 0 Å². The standard InChI is InChI=1S/C21H26N2O2S/c1-3-23-13-11-18-19-15-17(26(24,25)16-7-5-4-6-8-16)9-10-20(19)22(2)21(18)12-14-23/h4-10,15,18,21H,3,11-14H2,1-2H3/t18-,21-/m1/s1. The Morgan fingerprint density at radius 3 is 2.46 bits per heavy atom. The molecule has 4 rings (SSSR count). The van der Waals surface area contributed by atoms with E-state index in [4.69, 9.17) is 0 Å². The molecule has 2 aromatic rings. The molecule has 2 aromatic carbocycles. The maximum absolute atomic E-state index is 13.0. The zero-order valence-electron chi connectivity index (χ0n) is 15.4. The van der Waals surface area contributed by atoms with Gasteiger partial charge in [-0.1, -0.05) is 25.1 Å². The Morgan fingerprint density at radius 1 is 1.00 bits per heavy atom. The van der Waals surface area contributed by atoms with Gasteiger partial charge >= 0.3 is 0 Å². The first-order valence-electron chi connectivity index (χ1n) is 9.41. The highest BCUT2D eigenvalue weighted by molar-refractivity contribution is 7.91. The molecule has 2 aliphatic heterocycles. The highest BCUT2D eigenvalue weighted by Crippen LogP contribution is 2.45. The van der Waals surface area contributed by atoms with Gasteiger partial charge in [0.25, 0.3) is 0 Å². The first kappa shape index (κ1) is 17.6. The quantitative estimate of drug-likeness (QED) is 0.829. The van der Waals surface area contributed by atoms with Crippen LogP contribution < -0.4 is 4.90 Å². The van der Waals surface area contributed by atoms with Gasteiger partial charge in [-0.2, -0.15) is 0 Å². The molecule has 0 bridgehead atoms. The Morgan fingerprint density at radius 2 is 1.73 bits per heavy atom. The summed E-state index contributed by atoms with van der Waals surface area (Å²) in [6, 6.07) is 14.9. The van der Waals surface area contributed by atoms with E-state index in [0.29, 0.717) is 21.8 Å². The molecule has 0 radical (unpaired) electrons. The summed E-state index contributed by atoms with van der Waals surface area (Å²) in [6.07, 6.45) is 2.22. The summed E-state index contributed by atoms with van der Waals surface area (Å²) >= 11 is 0. The van der Waals surface area contributed by atoms with Crippen LogP contribution in [0.1, 0.15) is 31.2 Å². The molecular weight excluding hydrogens is 344 g/mol. The van der Waals surface area contributed by atoms with Gasteiger partial charge in [0.2, 0.25) is 9.84 Å². The summed E-state index contributed by atoms with van der Waals surface area (Å²) in [4.78, 5) is 5.63. The van der Waals surface area contributed by atoms with Gasteiger partial charge in [0.15, 0.2) is 0 Å². The van der Waals surface area contributed by atoms with E-state index in [1.54, 1.807) is 30.3 Å². The van der Waals surface area contributed by atoms with E-state index in [1.165, 1.54) is 11.3 Å². The van der Waals surface area contributed by atoms with E-state index >= 15 is 0 Å². The molecule has 0 amide bonds. The van der Waals surface area contributed by atoms with Crippen molar-refractivity contribution in [2.45, 2.75) is 41.5 Å². The van der Waals surface area contributed by atoms with E-state index in [1.807, 2.05) is 18.2 Å². The maximum Gasteiger partial charge on any atom is 0.206 e. The Balaban J connectivity index is 1.73. The monoisotopic (exact) mass is 370 g/mol. The smallest absolute Gasteiger partial charge is 0.206 e. The summed E-state index contributed by atoms with van der Waals surface area (Å²) in [5.41, 5.74) is 2.39. The zero-order chi connectivity index (χ0) is 18.3. The second-order valence-electron chi connectivity index (χ2n) is 7.33. The van der Waals surface area contributed by atoms with E-state index in [2.05, 4.69) is 23.8 Å². The van der Waals surface area contributed by atoms with Gasteiger partial charge in [-0.25, -0.2) is 8.42 Å². The topological polar surface area (TPSA) is 40.6 Å². The van der Waals surface area contributed by atoms with Gasteiger partial charge in [-0.3, -0.25) is 0 Å². The van der Waals surface area contributed by atoms with Gasteiger partial charge in [0.1, 0.15) is 0 Å². The van der Waals surface area contributed by atoms with Crippen LogP contribution in [0.25, 0.3) is 0 Å². The molecule has 138 valence electrons. The predicted molar refractivity (Wildman–Crippen MR) is 105 cm³/mol. The minimum absolute atomic E-state index is 0.362. The number of sulfone groups is 1. The SMILES string of the molecule is CCN1CC[C@@H]2c3cc(S(=O)(=O)c4ccccc4)ccc3N(C)[C@@H]2CC1. The Hall–Kier alpha value is -1.85. The number of hydrogen-bond acceptors (Lipinski definition) is 4. The van der Waals surface area contributed by atoms with E-state index in [9.17, 15) is 8.42 Å². The van der Waals surface area contributed by atoms with Crippen LogP contribution in [-0.4, -0.2) is 46.0 Å². The average molecular weight is 371 g/mol. The number of anilines is 1. The number of benzene rings is 2. The molecule has 2 aliphatic rings. The van der Waals surface area contributed by atoms with Gasteiger partial charge in [-0.15, -0.1) is 0 Å². The van der Waals surface area contributed by atoms with Crippen LogP contribution >= 0.6 is 0 Å². The summed E-state index contributed by atoms with van der Waals surface area (Å²) in [5.74, 6) is 0.414. The fourth-order valence-electron chi connectivity index (χ4n) is 4.52. The number of likely N-dealkylation sites (N-methyl/N-ethyl adjacent to an activating group) is 1. The van der Waals surface area contributed by atoms with Crippen LogP contribution in [0, 0.1) is 0 Å². The molecule has 0 unspecified atom stereocenters. The van der Waals surface area contributed by atoms with Gasteiger partial charge < -0.3 is 9.80 Å². The normalized spacial score (nSPS) is 23.4. The maximum atomic E-state index is 13.0. The Labute approximate surface area is 156 Å². The van der Waals surface area contributed by atoms with Crippen LogP contribution in [0.5, 0.6) is 0 Å². The van der Waals surface area contributed by atoms with Gasteiger partial charge in [0, 0.05) is 31.2 Å². The molecular formula is C21H26N2O2S. The minimum atomic E-state index is -3.47. The minimum Gasteiger partial charge on any atom is -0.371 e. The fraction of sp³-hybridized carbons (Fsp3) is 0.429. The number of likely N-dealkylation sites (tertiary alicyclic amines) is 1.